The Morgan fingerprint density at radius 3 is 2.65 bits per heavy atom. The highest BCUT2D eigenvalue weighted by atomic mass is 35.5. The zero-order valence-electron chi connectivity index (χ0n) is 9.27. The number of rotatable bonds is 4. The highest BCUT2D eigenvalue weighted by Crippen LogP contribution is 2.11. The molecule has 0 bridgehead atoms. The van der Waals surface area contributed by atoms with Gasteiger partial charge >= 0.3 is 0 Å². The van der Waals surface area contributed by atoms with Crippen molar-refractivity contribution in [3.63, 3.8) is 0 Å². The van der Waals surface area contributed by atoms with Gasteiger partial charge in [-0.3, -0.25) is 4.57 Å². The summed E-state index contributed by atoms with van der Waals surface area (Å²) in [7, 11) is 0. The molecule has 2 aromatic rings. The first-order chi connectivity index (χ1) is 8.31. The SMILES string of the molecule is S=c1[nH]ccn1-c1ccc(C=CCCCl)cc1. The van der Waals surface area contributed by atoms with Gasteiger partial charge in [-0.15, -0.1) is 11.6 Å². The molecule has 1 aromatic carbocycles. The minimum atomic E-state index is 0.660. The molecule has 4 heteroatoms. The van der Waals surface area contributed by atoms with E-state index >= 15 is 0 Å². The van der Waals surface area contributed by atoms with Crippen molar-refractivity contribution in [1.82, 2.24) is 9.55 Å². The van der Waals surface area contributed by atoms with Gasteiger partial charge in [0.05, 0.1) is 0 Å². The number of allylic oxidation sites excluding steroid dienone is 1. The third kappa shape index (κ3) is 3.08. The number of hydrogen-bond acceptors (Lipinski definition) is 1. The maximum atomic E-state index is 5.61. The topological polar surface area (TPSA) is 20.7 Å². The first-order valence-electron chi connectivity index (χ1n) is 5.40. The molecule has 0 aliphatic rings. The molecule has 2 nitrogen and oxygen atoms in total. The number of hydrogen-bond donors (Lipinski definition) is 1. The Labute approximate surface area is 111 Å². The summed E-state index contributed by atoms with van der Waals surface area (Å²) >= 11 is 10.8. The molecule has 1 N–H and O–H groups in total. The van der Waals surface area contributed by atoms with Crippen LogP contribution in [0.1, 0.15) is 12.0 Å². The number of nitrogens with zero attached hydrogens (tertiary/aromatic N) is 1. The lowest BCUT2D eigenvalue weighted by atomic mass is 10.2. The summed E-state index contributed by atoms with van der Waals surface area (Å²) in [4.78, 5) is 2.97. The van der Waals surface area contributed by atoms with Gasteiger partial charge < -0.3 is 4.98 Å². The number of H-pyrrole nitrogens is 1. The molecule has 0 radical (unpaired) electrons. The van der Waals surface area contributed by atoms with E-state index in [1.165, 1.54) is 5.56 Å². The molecule has 0 aliphatic carbocycles. The van der Waals surface area contributed by atoms with Crippen LogP contribution in [-0.2, 0) is 0 Å². The number of aromatic amines is 1. The summed E-state index contributed by atoms with van der Waals surface area (Å²) in [5.41, 5.74) is 2.23. The molecule has 1 heterocycles. The lowest BCUT2D eigenvalue weighted by molar-refractivity contribution is 1.03. The average Bonchev–Trinajstić information content (AvgIpc) is 2.77. The van der Waals surface area contributed by atoms with Crippen LogP contribution in [0.2, 0.25) is 0 Å². The van der Waals surface area contributed by atoms with Crippen molar-refractivity contribution in [2.45, 2.75) is 6.42 Å². The van der Waals surface area contributed by atoms with Gasteiger partial charge in [0.25, 0.3) is 0 Å². The Morgan fingerprint density at radius 2 is 2.06 bits per heavy atom. The van der Waals surface area contributed by atoms with Crippen LogP contribution in [-0.4, -0.2) is 15.4 Å². The second-order valence-corrected chi connectivity index (χ2v) is 4.37. The average molecular weight is 265 g/mol. The second kappa shape index (κ2) is 5.84. The Kier molecular flexibility index (Phi) is 4.18. The Morgan fingerprint density at radius 1 is 1.29 bits per heavy atom. The fourth-order valence-corrected chi connectivity index (χ4v) is 1.91. The Bertz CT molecular complexity index is 551. The standard InChI is InChI=1S/C13H13ClN2S/c14-8-2-1-3-11-4-6-12(7-5-11)16-10-9-15-13(16)17/h1,3-7,9-10H,2,8H2,(H,15,17). The summed E-state index contributed by atoms with van der Waals surface area (Å²) < 4.78 is 2.64. The van der Waals surface area contributed by atoms with Crippen molar-refractivity contribution in [2.24, 2.45) is 0 Å². The lowest BCUT2D eigenvalue weighted by Crippen LogP contribution is -1.91. The van der Waals surface area contributed by atoms with Crippen molar-refractivity contribution in [3.8, 4) is 5.69 Å². The fourth-order valence-electron chi connectivity index (χ4n) is 1.55. The minimum absolute atomic E-state index is 0.660. The van der Waals surface area contributed by atoms with Crippen LogP contribution in [0.25, 0.3) is 11.8 Å². The number of imidazole rings is 1. The molecule has 0 atom stereocenters. The second-order valence-electron chi connectivity index (χ2n) is 3.61. The summed E-state index contributed by atoms with van der Waals surface area (Å²) in [6.45, 7) is 0. The number of alkyl halides is 1. The summed E-state index contributed by atoms with van der Waals surface area (Å²) in [6.07, 6.45) is 8.79. The normalized spacial score (nSPS) is 11.1. The third-order valence-electron chi connectivity index (χ3n) is 2.41. The third-order valence-corrected chi connectivity index (χ3v) is 2.94. The van der Waals surface area contributed by atoms with Crippen LogP contribution >= 0.6 is 23.8 Å². The minimum Gasteiger partial charge on any atom is -0.337 e. The van der Waals surface area contributed by atoms with Crippen LogP contribution in [0.4, 0.5) is 0 Å². The van der Waals surface area contributed by atoms with E-state index in [9.17, 15) is 0 Å². The van der Waals surface area contributed by atoms with Crippen molar-refractivity contribution in [1.29, 1.82) is 0 Å². The number of nitrogens with one attached hydrogen (secondary N) is 1. The van der Waals surface area contributed by atoms with E-state index in [4.69, 9.17) is 23.8 Å². The van der Waals surface area contributed by atoms with E-state index in [0.29, 0.717) is 10.7 Å². The molecule has 0 spiro atoms. The van der Waals surface area contributed by atoms with Crippen molar-refractivity contribution >= 4 is 29.9 Å². The molecular formula is C13H13ClN2S. The molecular weight excluding hydrogens is 252 g/mol. The molecule has 0 amide bonds. The van der Waals surface area contributed by atoms with E-state index in [0.717, 1.165) is 12.1 Å². The van der Waals surface area contributed by atoms with Crippen LogP contribution in [0.3, 0.4) is 0 Å². The molecule has 2 rings (SSSR count). The van der Waals surface area contributed by atoms with E-state index in [-0.39, 0.29) is 0 Å². The van der Waals surface area contributed by atoms with Gasteiger partial charge in [-0.25, -0.2) is 0 Å². The van der Waals surface area contributed by atoms with Crippen molar-refractivity contribution < 1.29 is 0 Å². The summed E-state index contributed by atoms with van der Waals surface area (Å²) in [5, 5.41) is 0. The first kappa shape index (κ1) is 12.1. The van der Waals surface area contributed by atoms with Gasteiger partial charge in [-0.2, -0.15) is 0 Å². The van der Waals surface area contributed by atoms with E-state index in [1.807, 2.05) is 29.1 Å². The van der Waals surface area contributed by atoms with E-state index in [2.05, 4.69) is 29.3 Å². The number of halogens is 1. The van der Waals surface area contributed by atoms with Gasteiger partial charge in [0.2, 0.25) is 0 Å². The van der Waals surface area contributed by atoms with E-state index < -0.39 is 0 Å². The first-order valence-corrected chi connectivity index (χ1v) is 6.34. The molecule has 0 fully saturated rings. The zero-order valence-corrected chi connectivity index (χ0v) is 10.8. The van der Waals surface area contributed by atoms with Gasteiger partial charge in [0.1, 0.15) is 0 Å². The van der Waals surface area contributed by atoms with Crippen LogP contribution < -0.4 is 0 Å². The molecule has 88 valence electrons. The van der Waals surface area contributed by atoms with Crippen LogP contribution in [0, 0.1) is 4.77 Å². The zero-order chi connectivity index (χ0) is 12.1. The Balaban J connectivity index is 2.19. The monoisotopic (exact) mass is 264 g/mol. The smallest absolute Gasteiger partial charge is 0.181 e. The number of aromatic nitrogens is 2. The van der Waals surface area contributed by atoms with Gasteiger partial charge in [-0.1, -0.05) is 24.3 Å². The quantitative estimate of drug-likeness (QED) is 0.649. The molecule has 0 saturated carbocycles. The predicted octanol–water partition coefficient (Wildman–Crippen LogP) is 4.18. The van der Waals surface area contributed by atoms with Crippen molar-refractivity contribution in [3.05, 3.63) is 53.1 Å². The maximum absolute atomic E-state index is 5.61. The van der Waals surface area contributed by atoms with Crippen LogP contribution in [0.15, 0.2) is 42.7 Å². The summed E-state index contributed by atoms with van der Waals surface area (Å²) in [5.74, 6) is 0.660. The van der Waals surface area contributed by atoms with Gasteiger partial charge in [-0.05, 0) is 36.3 Å². The molecule has 0 saturated heterocycles. The van der Waals surface area contributed by atoms with Crippen molar-refractivity contribution in [2.75, 3.05) is 5.88 Å². The molecule has 0 aliphatic heterocycles. The lowest BCUT2D eigenvalue weighted by Gasteiger charge is -2.02. The van der Waals surface area contributed by atoms with Gasteiger partial charge in [0, 0.05) is 24.0 Å². The number of benzene rings is 1. The Hall–Kier alpha value is -1.32. The largest absolute Gasteiger partial charge is 0.337 e. The van der Waals surface area contributed by atoms with E-state index in [1.54, 1.807) is 0 Å². The molecule has 1 aromatic heterocycles. The highest BCUT2D eigenvalue weighted by molar-refractivity contribution is 7.71. The predicted molar refractivity (Wildman–Crippen MR) is 75.3 cm³/mol. The maximum Gasteiger partial charge on any atom is 0.181 e. The van der Waals surface area contributed by atoms with Gasteiger partial charge in [0.15, 0.2) is 4.77 Å². The molecule has 17 heavy (non-hydrogen) atoms. The van der Waals surface area contributed by atoms with Crippen LogP contribution in [0.5, 0.6) is 0 Å². The molecule has 0 unspecified atom stereocenters. The fraction of sp³-hybridized carbons (Fsp3) is 0.154. The summed E-state index contributed by atoms with van der Waals surface area (Å²) in [6, 6.07) is 8.22. The highest BCUT2D eigenvalue weighted by Gasteiger charge is 1.96.